The second-order valence-corrected chi connectivity index (χ2v) is 11.3. The third-order valence-electron chi connectivity index (χ3n) is 6.98. The molecule has 2 aliphatic rings. The van der Waals surface area contributed by atoms with Crippen molar-refractivity contribution in [2.45, 2.75) is 37.8 Å². The van der Waals surface area contributed by atoms with Crippen LogP contribution in [0, 0.1) is 23.2 Å². The van der Waals surface area contributed by atoms with Crippen molar-refractivity contribution in [3.8, 4) is 11.8 Å². The maximum absolute atomic E-state index is 13.3. The molecule has 0 atom stereocenters. The lowest BCUT2D eigenvalue weighted by Crippen LogP contribution is -2.33. The van der Waals surface area contributed by atoms with E-state index < -0.39 is 21.9 Å². The van der Waals surface area contributed by atoms with Gasteiger partial charge in [0.25, 0.3) is 10.1 Å². The fraction of sp³-hybridized carbons (Fsp3) is 0.500. The molecule has 0 N–H and O–H groups in total. The Hall–Kier alpha value is -2.77. The van der Waals surface area contributed by atoms with Crippen LogP contribution in [0.3, 0.4) is 0 Å². The number of rotatable bonds is 8. The van der Waals surface area contributed by atoms with Crippen LogP contribution in [0.25, 0.3) is 0 Å². The van der Waals surface area contributed by atoms with E-state index >= 15 is 0 Å². The molecule has 0 radical (unpaired) electrons. The van der Waals surface area contributed by atoms with Gasteiger partial charge in [0.05, 0.1) is 36.7 Å². The molecule has 0 amide bonds. The second-order valence-electron chi connectivity index (χ2n) is 9.67. The fourth-order valence-electron chi connectivity index (χ4n) is 4.95. The molecule has 1 saturated carbocycles. The minimum absolute atomic E-state index is 0.234. The van der Waals surface area contributed by atoms with E-state index in [1.54, 1.807) is 12.1 Å². The van der Waals surface area contributed by atoms with Gasteiger partial charge in [0, 0.05) is 18.8 Å². The van der Waals surface area contributed by atoms with E-state index in [9.17, 15) is 21.6 Å². The van der Waals surface area contributed by atoms with Crippen molar-refractivity contribution >= 4 is 15.8 Å². The molecule has 1 aliphatic heterocycles. The molecule has 1 heterocycles. The standard InChI is InChI=1S/C26H29F3N2O4S/c1-36(32,33)35-17-19-12-18(13-19)16-34-24-6-3-20(4-7-24)21-8-10-31(11-9-21)23-5-2-22(15-30)25(14-23)26(27,28)29/h2-7,14,18-19,21H,8-13,16-17H2,1H3. The first-order valence-electron chi connectivity index (χ1n) is 12.0. The molecule has 0 spiro atoms. The summed E-state index contributed by atoms with van der Waals surface area (Å²) in [5.41, 5.74) is 0.422. The van der Waals surface area contributed by atoms with E-state index in [0.29, 0.717) is 37.2 Å². The average Bonchev–Trinajstić information content (AvgIpc) is 2.81. The smallest absolute Gasteiger partial charge is 0.417 e. The maximum Gasteiger partial charge on any atom is 0.417 e. The van der Waals surface area contributed by atoms with Gasteiger partial charge in [-0.2, -0.15) is 26.9 Å². The van der Waals surface area contributed by atoms with Crippen molar-refractivity contribution in [2.24, 2.45) is 11.8 Å². The molecule has 0 bridgehead atoms. The number of hydrogen-bond acceptors (Lipinski definition) is 6. The van der Waals surface area contributed by atoms with Gasteiger partial charge in [-0.25, -0.2) is 0 Å². The van der Waals surface area contributed by atoms with Crippen LogP contribution >= 0.6 is 0 Å². The zero-order valence-corrected chi connectivity index (χ0v) is 20.8. The summed E-state index contributed by atoms with van der Waals surface area (Å²) in [6.07, 6.45) is -0.0925. The van der Waals surface area contributed by atoms with Crippen LogP contribution in [0.5, 0.6) is 5.75 Å². The molecular formula is C26H29F3N2O4S. The second kappa shape index (κ2) is 10.7. The highest BCUT2D eigenvalue weighted by Gasteiger charge is 2.35. The molecule has 36 heavy (non-hydrogen) atoms. The summed E-state index contributed by atoms with van der Waals surface area (Å²) in [5, 5.41) is 9.00. The summed E-state index contributed by atoms with van der Waals surface area (Å²) in [6, 6.07) is 13.5. The molecular weight excluding hydrogens is 493 g/mol. The van der Waals surface area contributed by atoms with Gasteiger partial charge in [-0.1, -0.05) is 12.1 Å². The van der Waals surface area contributed by atoms with Crippen molar-refractivity contribution in [2.75, 3.05) is 37.5 Å². The van der Waals surface area contributed by atoms with E-state index in [0.717, 1.165) is 43.8 Å². The van der Waals surface area contributed by atoms with E-state index in [1.165, 1.54) is 11.6 Å². The normalized spacial score (nSPS) is 21.0. The number of piperidine rings is 1. The molecule has 194 valence electrons. The van der Waals surface area contributed by atoms with E-state index in [2.05, 4.69) is 0 Å². The Morgan fingerprint density at radius 3 is 2.25 bits per heavy atom. The van der Waals surface area contributed by atoms with Gasteiger partial charge in [-0.15, -0.1) is 0 Å². The lowest BCUT2D eigenvalue weighted by molar-refractivity contribution is -0.137. The van der Waals surface area contributed by atoms with Crippen LogP contribution in [0.2, 0.25) is 0 Å². The molecule has 6 nitrogen and oxygen atoms in total. The molecule has 1 saturated heterocycles. The van der Waals surface area contributed by atoms with Crippen LogP contribution in [-0.4, -0.2) is 41.0 Å². The van der Waals surface area contributed by atoms with Crippen molar-refractivity contribution in [1.29, 1.82) is 5.26 Å². The van der Waals surface area contributed by atoms with Crippen LogP contribution in [0.4, 0.5) is 18.9 Å². The highest BCUT2D eigenvalue weighted by atomic mass is 32.2. The minimum atomic E-state index is -4.56. The Bertz CT molecular complexity index is 1200. The molecule has 10 heteroatoms. The predicted octanol–water partition coefficient (Wildman–Crippen LogP) is 5.34. The summed E-state index contributed by atoms with van der Waals surface area (Å²) in [7, 11) is -3.39. The van der Waals surface area contributed by atoms with Gasteiger partial charge in [0.2, 0.25) is 0 Å². The number of anilines is 1. The number of nitrogens with zero attached hydrogens (tertiary/aromatic N) is 2. The predicted molar refractivity (Wildman–Crippen MR) is 129 cm³/mol. The zero-order chi connectivity index (χ0) is 25.9. The maximum atomic E-state index is 13.3. The number of benzene rings is 2. The number of hydrogen-bond donors (Lipinski definition) is 0. The molecule has 2 aromatic rings. The zero-order valence-electron chi connectivity index (χ0n) is 20.0. The monoisotopic (exact) mass is 522 g/mol. The Labute approximate surface area is 209 Å². The van der Waals surface area contributed by atoms with E-state index in [4.69, 9.17) is 14.2 Å². The number of alkyl halides is 3. The highest BCUT2D eigenvalue weighted by molar-refractivity contribution is 7.85. The van der Waals surface area contributed by atoms with Crippen LogP contribution in [-0.2, 0) is 20.5 Å². The number of nitriles is 1. The quantitative estimate of drug-likeness (QED) is 0.436. The fourth-order valence-corrected chi connectivity index (χ4v) is 5.39. The van der Waals surface area contributed by atoms with Gasteiger partial charge in [0.15, 0.2) is 0 Å². The minimum Gasteiger partial charge on any atom is -0.493 e. The first-order chi connectivity index (χ1) is 17.0. The van der Waals surface area contributed by atoms with Crippen molar-refractivity contribution in [3.05, 3.63) is 59.2 Å². The van der Waals surface area contributed by atoms with Gasteiger partial charge in [0.1, 0.15) is 5.75 Å². The number of ether oxygens (including phenoxy) is 1. The molecule has 2 fully saturated rings. The summed E-state index contributed by atoms with van der Waals surface area (Å²) in [4.78, 5) is 1.94. The summed E-state index contributed by atoms with van der Waals surface area (Å²) in [6.45, 7) is 2.09. The third kappa shape index (κ3) is 6.71. The largest absolute Gasteiger partial charge is 0.493 e. The van der Waals surface area contributed by atoms with E-state index in [1.807, 2.05) is 29.2 Å². The van der Waals surface area contributed by atoms with Crippen LogP contribution in [0.1, 0.15) is 48.3 Å². The summed E-state index contributed by atoms with van der Waals surface area (Å²) in [5.74, 6) is 1.75. The molecule has 0 unspecified atom stereocenters. The SMILES string of the molecule is CS(=O)(=O)OCC1CC(COc2ccc(C3CCN(c4ccc(C#N)c(C(F)(F)F)c4)CC3)cc2)C1. The third-order valence-corrected chi connectivity index (χ3v) is 7.54. The first-order valence-corrected chi connectivity index (χ1v) is 13.8. The highest BCUT2D eigenvalue weighted by Crippen LogP contribution is 2.37. The van der Waals surface area contributed by atoms with Crippen LogP contribution in [0.15, 0.2) is 42.5 Å². The lowest BCUT2D eigenvalue weighted by atomic mass is 9.76. The molecule has 4 rings (SSSR count). The average molecular weight is 523 g/mol. The van der Waals surface area contributed by atoms with Gasteiger partial charge in [-0.3, -0.25) is 4.18 Å². The molecule has 2 aromatic carbocycles. The summed E-state index contributed by atoms with van der Waals surface area (Å²) >= 11 is 0. The van der Waals surface area contributed by atoms with E-state index in [-0.39, 0.29) is 18.1 Å². The van der Waals surface area contributed by atoms with Gasteiger partial charge in [-0.05, 0) is 79.3 Å². The molecule has 1 aliphatic carbocycles. The Balaban J connectivity index is 1.24. The van der Waals surface area contributed by atoms with Gasteiger partial charge >= 0.3 is 6.18 Å². The van der Waals surface area contributed by atoms with Crippen molar-refractivity contribution < 1.29 is 30.5 Å². The lowest BCUT2D eigenvalue weighted by Gasteiger charge is -2.35. The Morgan fingerprint density at radius 2 is 1.67 bits per heavy atom. The molecule has 0 aromatic heterocycles. The Kier molecular flexibility index (Phi) is 7.81. The van der Waals surface area contributed by atoms with Crippen molar-refractivity contribution in [3.63, 3.8) is 0 Å². The first kappa shape index (κ1) is 26.3. The summed E-state index contributed by atoms with van der Waals surface area (Å²) < 4.78 is 72.8. The van der Waals surface area contributed by atoms with Crippen LogP contribution < -0.4 is 9.64 Å². The Morgan fingerprint density at radius 1 is 1.03 bits per heavy atom. The van der Waals surface area contributed by atoms with Gasteiger partial charge < -0.3 is 9.64 Å². The topological polar surface area (TPSA) is 79.6 Å². The number of halogens is 3. The van der Waals surface area contributed by atoms with Crippen molar-refractivity contribution in [1.82, 2.24) is 0 Å².